The van der Waals surface area contributed by atoms with Crippen LogP contribution >= 0.6 is 0 Å². The van der Waals surface area contributed by atoms with Gasteiger partial charge in [0.25, 0.3) is 0 Å². The van der Waals surface area contributed by atoms with Crippen LogP contribution in [0.4, 0.5) is 0 Å². The van der Waals surface area contributed by atoms with Gasteiger partial charge in [0.05, 0.1) is 6.10 Å². The van der Waals surface area contributed by atoms with Crippen LogP contribution in [0.1, 0.15) is 32.4 Å². The van der Waals surface area contributed by atoms with Gasteiger partial charge in [-0.3, -0.25) is 4.98 Å². The summed E-state index contributed by atoms with van der Waals surface area (Å²) in [5.41, 5.74) is 6.62. The molecule has 1 rings (SSSR count). The zero-order chi connectivity index (χ0) is 12.1. The van der Waals surface area contributed by atoms with E-state index in [9.17, 15) is 5.11 Å². The van der Waals surface area contributed by atoms with E-state index in [0.717, 1.165) is 5.69 Å². The monoisotopic (exact) mass is 222 g/mol. The van der Waals surface area contributed by atoms with Crippen LogP contribution in [0.2, 0.25) is 0 Å². The van der Waals surface area contributed by atoms with Crippen LogP contribution < -0.4 is 5.73 Å². The quantitative estimate of drug-likeness (QED) is 0.798. The van der Waals surface area contributed by atoms with E-state index in [0.29, 0.717) is 12.5 Å². The molecule has 0 bridgehead atoms. The zero-order valence-corrected chi connectivity index (χ0v) is 10.3. The highest BCUT2D eigenvalue weighted by molar-refractivity contribution is 5.12. The Hall–Kier alpha value is -0.930. The number of hydrogen-bond donors (Lipinski definition) is 2. The highest BCUT2D eigenvalue weighted by Gasteiger charge is 2.27. The molecule has 3 heteroatoms. The zero-order valence-electron chi connectivity index (χ0n) is 10.3. The molecule has 3 N–H and O–H groups in total. The van der Waals surface area contributed by atoms with Gasteiger partial charge < -0.3 is 10.8 Å². The lowest BCUT2D eigenvalue weighted by atomic mass is 9.83. The maximum absolute atomic E-state index is 10.3. The molecular weight excluding hydrogens is 200 g/mol. The Morgan fingerprint density at radius 1 is 1.31 bits per heavy atom. The van der Waals surface area contributed by atoms with E-state index in [-0.39, 0.29) is 11.8 Å². The first kappa shape index (κ1) is 13.1. The van der Waals surface area contributed by atoms with Crippen LogP contribution in [0.3, 0.4) is 0 Å². The van der Waals surface area contributed by atoms with Crippen molar-refractivity contribution in [3.8, 4) is 0 Å². The van der Waals surface area contributed by atoms with E-state index in [1.54, 1.807) is 6.20 Å². The van der Waals surface area contributed by atoms with Gasteiger partial charge in [-0.1, -0.05) is 26.8 Å². The fourth-order valence-corrected chi connectivity index (χ4v) is 1.79. The molecule has 3 atom stereocenters. The molecule has 0 spiro atoms. The van der Waals surface area contributed by atoms with E-state index >= 15 is 0 Å². The van der Waals surface area contributed by atoms with Crippen molar-refractivity contribution < 1.29 is 5.11 Å². The summed E-state index contributed by atoms with van der Waals surface area (Å²) in [5.74, 6) is 0.585. The first-order valence-corrected chi connectivity index (χ1v) is 5.87. The Bertz CT molecular complexity index is 300. The maximum Gasteiger partial charge on any atom is 0.0663 e. The molecule has 16 heavy (non-hydrogen) atoms. The van der Waals surface area contributed by atoms with Crippen molar-refractivity contribution in [2.45, 2.75) is 32.8 Å². The Labute approximate surface area is 97.7 Å². The van der Waals surface area contributed by atoms with E-state index in [2.05, 4.69) is 25.8 Å². The number of hydrogen-bond acceptors (Lipinski definition) is 3. The van der Waals surface area contributed by atoms with Crippen molar-refractivity contribution in [3.05, 3.63) is 30.1 Å². The van der Waals surface area contributed by atoms with Gasteiger partial charge in [0, 0.05) is 24.4 Å². The molecule has 0 aliphatic rings. The lowest BCUT2D eigenvalue weighted by Gasteiger charge is -2.28. The summed E-state index contributed by atoms with van der Waals surface area (Å²) >= 11 is 0. The van der Waals surface area contributed by atoms with Gasteiger partial charge in [-0.15, -0.1) is 0 Å². The first-order chi connectivity index (χ1) is 7.57. The van der Waals surface area contributed by atoms with E-state index < -0.39 is 6.10 Å². The van der Waals surface area contributed by atoms with Crippen LogP contribution in [-0.4, -0.2) is 22.7 Å². The number of aliphatic hydroxyl groups excluding tert-OH is 1. The molecule has 1 aromatic rings. The van der Waals surface area contributed by atoms with Crippen molar-refractivity contribution in [3.63, 3.8) is 0 Å². The molecule has 0 radical (unpaired) electrons. The lowest BCUT2D eigenvalue weighted by molar-refractivity contribution is 0.0672. The average Bonchev–Trinajstić information content (AvgIpc) is 2.30. The standard InChI is InChI=1S/C13H22N2O/c1-9(2)10(3)13(16)11(8-14)12-6-4-5-7-15-12/h4-7,9-11,13,16H,8,14H2,1-3H3. The third-order valence-electron chi connectivity index (χ3n) is 3.32. The van der Waals surface area contributed by atoms with Crippen molar-refractivity contribution in [1.82, 2.24) is 4.98 Å². The van der Waals surface area contributed by atoms with E-state index in [1.165, 1.54) is 0 Å². The number of nitrogens with zero attached hydrogens (tertiary/aromatic N) is 1. The van der Waals surface area contributed by atoms with E-state index in [4.69, 9.17) is 5.73 Å². The largest absolute Gasteiger partial charge is 0.392 e. The molecule has 0 aromatic carbocycles. The van der Waals surface area contributed by atoms with Crippen molar-refractivity contribution in [1.29, 1.82) is 0 Å². The maximum atomic E-state index is 10.3. The number of aliphatic hydroxyl groups is 1. The fourth-order valence-electron chi connectivity index (χ4n) is 1.79. The molecule has 0 fully saturated rings. The number of aromatic nitrogens is 1. The summed E-state index contributed by atoms with van der Waals surface area (Å²) < 4.78 is 0. The lowest BCUT2D eigenvalue weighted by Crippen LogP contribution is -2.34. The molecule has 0 saturated heterocycles. The highest BCUT2D eigenvalue weighted by atomic mass is 16.3. The summed E-state index contributed by atoms with van der Waals surface area (Å²) in [6.45, 7) is 6.70. The third-order valence-corrected chi connectivity index (χ3v) is 3.32. The minimum absolute atomic E-state index is 0.0707. The highest BCUT2D eigenvalue weighted by Crippen LogP contribution is 2.26. The van der Waals surface area contributed by atoms with Gasteiger partial charge in [-0.2, -0.15) is 0 Å². The van der Waals surface area contributed by atoms with Gasteiger partial charge in [-0.05, 0) is 24.0 Å². The Kier molecular flexibility index (Phi) is 4.90. The van der Waals surface area contributed by atoms with Gasteiger partial charge in [0.2, 0.25) is 0 Å². The molecule has 0 aliphatic carbocycles. The minimum atomic E-state index is -0.431. The normalized spacial score (nSPS) is 17.1. The molecule has 3 unspecified atom stereocenters. The minimum Gasteiger partial charge on any atom is -0.392 e. The first-order valence-electron chi connectivity index (χ1n) is 5.87. The Morgan fingerprint density at radius 3 is 2.44 bits per heavy atom. The van der Waals surface area contributed by atoms with Crippen molar-refractivity contribution >= 4 is 0 Å². The second-order valence-electron chi connectivity index (χ2n) is 4.69. The van der Waals surface area contributed by atoms with Gasteiger partial charge in [0.1, 0.15) is 0 Å². The molecule has 3 nitrogen and oxygen atoms in total. The molecule has 1 heterocycles. The second kappa shape index (κ2) is 5.97. The molecule has 0 saturated carbocycles. The molecule has 0 amide bonds. The SMILES string of the molecule is CC(C)C(C)C(O)C(CN)c1ccccn1. The fraction of sp³-hybridized carbons (Fsp3) is 0.615. The summed E-state index contributed by atoms with van der Waals surface area (Å²) in [7, 11) is 0. The van der Waals surface area contributed by atoms with Crippen molar-refractivity contribution in [2.24, 2.45) is 17.6 Å². The Balaban J connectivity index is 2.83. The summed E-state index contributed by atoms with van der Waals surface area (Å²) in [6, 6.07) is 5.72. The number of pyridine rings is 1. The van der Waals surface area contributed by atoms with Crippen molar-refractivity contribution in [2.75, 3.05) is 6.54 Å². The van der Waals surface area contributed by atoms with Gasteiger partial charge in [-0.25, -0.2) is 0 Å². The number of nitrogens with two attached hydrogens (primary N) is 1. The smallest absolute Gasteiger partial charge is 0.0663 e. The summed E-state index contributed by atoms with van der Waals surface area (Å²) in [5, 5.41) is 10.3. The topological polar surface area (TPSA) is 59.1 Å². The number of rotatable bonds is 5. The molecule has 1 aromatic heterocycles. The predicted octanol–water partition coefficient (Wildman–Crippen LogP) is 1.78. The molecular formula is C13H22N2O. The van der Waals surface area contributed by atoms with E-state index in [1.807, 2.05) is 18.2 Å². The second-order valence-corrected chi connectivity index (χ2v) is 4.69. The molecule has 90 valence electrons. The van der Waals surface area contributed by atoms with Gasteiger partial charge >= 0.3 is 0 Å². The third kappa shape index (κ3) is 3.03. The van der Waals surface area contributed by atoms with Crippen LogP contribution in [0.5, 0.6) is 0 Å². The van der Waals surface area contributed by atoms with Crippen LogP contribution in [-0.2, 0) is 0 Å². The molecule has 0 aliphatic heterocycles. The van der Waals surface area contributed by atoms with Gasteiger partial charge in [0.15, 0.2) is 0 Å². The Morgan fingerprint density at radius 2 is 2.00 bits per heavy atom. The summed E-state index contributed by atoms with van der Waals surface area (Å²) in [4.78, 5) is 4.27. The average molecular weight is 222 g/mol. The van der Waals surface area contributed by atoms with Crippen LogP contribution in [0.25, 0.3) is 0 Å². The van der Waals surface area contributed by atoms with Crippen LogP contribution in [0.15, 0.2) is 24.4 Å². The predicted molar refractivity (Wildman–Crippen MR) is 66.0 cm³/mol. The summed E-state index contributed by atoms with van der Waals surface area (Å²) in [6.07, 6.45) is 1.31. The van der Waals surface area contributed by atoms with Crippen LogP contribution in [0, 0.1) is 11.8 Å².